The number of hydrogen-bond acceptors (Lipinski definition) is 4. The van der Waals surface area contributed by atoms with Crippen molar-refractivity contribution in [1.29, 1.82) is 0 Å². The molecule has 0 aromatic heterocycles. The van der Waals surface area contributed by atoms with Crippen molar-refractivity contribution < 1.29 is 4.92 Å². The number of nitro groups is 1. The summed E-state index contributed by atoms with van der Waals surface area (Å²) in [6, 6.07) is 2.74. The van der Waals surface area contributed by atoms with Gasteiger partial charge < -0.3 is 11.5 Å². The fraction of sp³-hybridized carbons (Fsp3) is 0. The van der Waals surface area contributed by atoms with Crippen molar-refractivity contribution in [2.75, 3.05) is 11.5 Å². The number of nitrogen functional groups attached to an aromatic ring is 2. The van der Waals surface area contributed by atoms with Gasteiger partial charge in [0.15, 0.2) is 0 Å². The Labute approximate surface area is 82.0 Å². The van der Waals surface area contributed by atoms with E-state index in [0.29, 0.717) is 5.69 Å². The monoisotopic (exact) mass is 279 g/mol. The maximum Gasteiger partial charge on any atom is 0.294 e. The Kier molecular flexibility index (Phi) is 2.36. The number of hydrogen-bond donors (Lipinski definition) is 2. The van der Waals surface area contributed by atoms with E-state index >= 15 is 0 Å². The third kappa shape index (κ3) is 1.58. The minimum absolute atomic E-state index is 0.138. The first kappa shape index (κ1) is 9.04. The molecule has 0 aliphatic rings. The maximum absolute atomic E-state index is 10.4. The third-order valence-electron chi connectivity index (χ3n) is 1.34. The zero-order chi connectivity index (χ0) is 9.30. The molecule has 4 N–H and O–H groups in total. The first-order chi connectivity index (χ1) is 5.52. The highest BCUT2D eigenvalue weighted by Gasteiger charge is 2.12. The van der Waals surface area contributed by atoms with E-state index in [2.05, 4.69) is 0 Å². The Morgan fingerprint density at radius 3 is 2.42 bits per heavy atom. The molecular formula is C6H6IN3O2. The van der Waals surface area contributed by atoms with Gasteiger partial charge in [-0.05, 0) is 28.7 Å². The molecule has 0 bridgehead atoms. The summed E-state index contributed by atoms with van der Waals surface area (Å²) in [5.41, 5.74) is 11.2. The van der Waals surface area contributed by atoms with Gasteiger partial charge in [0.25, 0.3) is 5.69 Å². The lowest BCUT2D eigenvalue weighted by Gasteiger charge is -2.00. The molecule has 1 rings (SSSR count). The molecule has 12 heavy (non-hydrogen) atoms. The van der Waals surface area contributed by atoms with Crippen LogP contribution in [0.5, 0.6) is 0 Å². The van der Waals surface area contributed by atoms with Gasteiger partial charge >= 0.3 is 0 Å². The van der Waals surface area contributed by atoms with Gasteiger partial charge in [0.05, 0.1) is 10.6 Å². The van der Waals surface area contributed by atoms with Crippen molar-refractivity contribution in [3.8, 4) is 0 Å². The predicted octanol–water partition coefficient (Wildman–Crippen LogP) is 1.36. The van der Waals surface area contributed by atoms with Crippen LogP contribution in [-0.2, 0) is 0 Å². The minimum Gasteiger partial charge on any atom is -0.398 e. The Morgan fingerprint density at radius 2 is 1.92 bits per heavy atom. The van der Waals surface area contributed by atoms with Crippen LogP contribution in [0.4, 0.5) is 17.1 Å². The second-order valence-corrected chi connectivity index (χ2v) is 3.35. The topological polar surface area (TPSA) is 95.2 Å². The second kappa shape index (κ2) is 3.13. The van der Waals surface area contributed by atoms with Crippen LogP contribution in [0.2, 0.25) is 0 Å². The second-order valence-electron chi connectivity index (χ2n) is 2.19. The van der Waals surface area contributed by atoms with E-state index in [4.69, 9.17) is 11.5 Å². The van der Waals surface area contributed by atoms with E-state index in [0.717, 1.165) is 3.57 Å². The molecule has 5 nitrogen and oxygen atoms in total. The summed E-state index contributed by atoms with van der Waals surface area (Å²) in [6.45, 7) is 0. The zero-order valence-electron chi connectivity index (χ0n) is 5.95. The van der Waals surface area contributed by atoms with Crippen molar-refractivity contribution in [2.45, 2.75) is 0 Å². The first-order valence-electron chi connectivity index (χ1n) is 3.01. The van der Waals surface area contributed by atoms with E-state index in [-0.39, 0.29) is 11.4 Å². The summed E-state index contributed by atoms with van der Waals surface area (Å²) >= 11 is 1.96. The predicted molar refractivity (Wildman–Crippen MR) is 54.6 cm³/mol. The molecule has 0 atom stereocenters. The standard InChI is InChI=1S/C6H6IN3O2/c7-3-1-5(9)6(10(11)12)2-4(3)8/h1-2H,8-9H2. The lowest BCUT2D eigenvalue weighted by Crippen LogP contribution is -1.99. The van der Waals surface area contributed by atoms with Gasteiger partial charge in [-0.3, -0.25) is 10.1 Å². The Morgan fingerprint density at radius 1 is 1.33 bits per heavy atom. The Hall–Kier alpha value is -1.05. The molecule has 64 valence electrons. The van der Waals surface area contributed by atoms with E-state index in [1.54, 1.807) is 0 Å². The van der Waals surface area contributed by atoms with Crippen LogP contribution in [0.1, 0.15) is 0 Å². The molecule has 0 saturated heterocycles. The van der Waals surface area contributed by atoms with Crippen LogP contribution in [0, 0.1) is 13.7 Å². The zero-order valence-corrected chi connectivity index (χ0v) is 8.11. The van der Waals surface area contributed by atoms with Gasteiger partial charge in [0, 0.05) is 9.64 Å². The summed E-state index contributed by atoms with van der Waals surface area (Å²) in [6.07, 6.45) is 0. The molecule has 0 spiro atoms. The smallest absolute Gasteiger partial charge is 0.294 e. The highest BCUT2D eigenvalue weighted by Crippen LogP contribution is 2.27. The van der Waals surface area contributed by atoms with Gasteiger partial charge in [0.1, 0.15) is 5.69 Å². The van der Waals surface area contributed by atoms with E-state index in [1.165, 1.54) is 12.1 Å². The normalized spacial score (nSPS) is 9.75. The molecule has 1 aromatic carbocycles. The molecule has 0 saturated carbocycles. The van der Waals surface area contributed by atoms with Gasteiger partial charge in [-0.15, -0.1) is 0 Å². The van der Waals surface area contributed by atoms with Crippen molar-refractivity contribution in [1.82, 2.24) is 0 Å². The van der Waals surface area contributed by atoms with Crippen LogP contribution >= 0.6 is 22.6 Å². The van der Waals surface area contributed by atoms with Crippen LogP contribution in [0.25, 0.3) is 0 Å². The van der Waals surface area contributed by atoms with Crippen molar-refractivity contribution in [2.24, 2.45) is 0 Å². The molecule has 0 radical (unpaired) electrons. The van der Waals surface area contributed by atoms with E-state index in [9.17, 15) is 10.1 Å². The van der Waals surface area contributed by atoms with Gasteiger partial charge in [-0.25, -0.2) is 0 Å². The molecule has 0 aliphatic carbocycles. The van der Waals surface area contributed by atoms with Crippen LogP contribution in [-0.4, -0.2) is 4.92 Å². The van der Waals surface area contributed by atoms with E-state index in [1.807, 2.05) is 22.6 Å². The molecule has 0 heterocycles. The maximum atomic E-state index is 10.4. The fourth-order valence-electron chi connectivity index (χ4n) is 0.751. The SMILES string of the molecule is Nc1cc([N+](=O)[O-])c(N)cc1I. The summed E-state index contributed by atoms with van der Waals surface area (Å²) in [5.74, 6) is 0. The Bertz CT molecular complexity index is 340. The first-order valence-corrected chi connectivity index (χ1v) is 4.09. The van der Waals surface area contributed by atoms with Gasteiger partial charge in [-0.2, -0.15) is 0 Å². The molecule has 0 unspecified atom stereocenters. The molecule has 1 aromatic rings. The molecule has 0 aliphatic heterocycles. The van der Waals surface area contributed by atoms with E-state index < -0.39 is 4.92 Å². The number of benzene rings is 1. The number of anilines is 2. The lowest BCUT2D eigenvalue weighted by atomic mass is 10.2. The summed E-state index contributed by atoms with van der Waals surface area (Å²) in [4.78, 5) is 9.80. The lowest BCUT2D eigenvalue weighted by molar-refractivity contribution is -0.383. The van der Waals surface area contributed by atoms with Gasteiger partial charge in [-0.1, -0.05) is 0 Å². The van der Waals surface area contributed by atoms with Crippen molar-refractivity contribution in [3.63, 3.8) is 0 Å². The van der Waals surface area contributed by atoms with Crippen molar-refractivity contribution >= 4 is 39.7 Å². The highest BCUT2D eigenvalue weighted by atomic mass is 127. The van der Waals surface area contributed by atoms with Crippen LogP contribution < -0.4 is 11.5 Å². The highest BCUT2D eigenvalue weighted by molar-refractivity contribution is 14.1. The number of nitrogens with zero attached hydrogens (tertiary/aromatic N) is 1. The summed E-state index contributed by atoms with van der Waals surface area (Å²) in [7, 11) is 0. The average Bonchev–Trinajstić information content (AvgIpc) is 1.96. The fourth-order valence-corrected chi connectivity index (χ4v) is 1.24. The molecule has 0 fully saturated rings. The number of halogens is 1. The van der Waals surface area contributed by atoms with Gasteiger partial charge in [0.2, 0.25) is 0 Å². The quantitative estimate of drug-likeness (QED) is 0.351. The Balaban J connectivity index is 3.33. The summed E-state index contributed by atoms with van der Waals surface area (Å²) < 4.78 is 0.718. The summed E-state index contributed by atoms with van der Waals surface area (Å²) in [5, 5.41) is 10.4. The number of nitro benzene ring substituents is 1. The van der Waals surface area contributed by atoms with Crippen molar-refractivity contribution in [3.05, 3.63) is 25.8 Å². The van der Waals surface area contributed by atoms with Crippen LogP contribution in [0.3, 0.4) is 0 Å². The minimum atomic E-state index is -0.554. The molecular weight excluding hydrogens is 273 g/mol. The number of nitrogens with two attached hydrogens (primary N) is 2. The third-order valence-corrected chi connectivity index (χ3v) is 2.28. The largest absolute Gasteiger partial charge is 0.398 e. The number of rotatable bonds is 1. The van der Waals surface area contributed by atoms with Crippen LogP contribution in [0.15, 0.2) is 12.1 Å². The average molecular weight is 279 g/mol. The molecule has 6 heteroatoms. The molecule has 0 amide bonds.